The molecule has 2 unspecified atom stereocenters. The first-order valence-electron chi connectivity index (χ1n) is 7.50. The maximum absolute atomic E-state index is 12.0. The number of aliphatic hydroxyl groups excluding tert-OH is 1. The van der Waals surface area contributed by atoms with Crippen LogP contribution >= 0.6 is 12.4 Å². The summed E-state index contributed by atoms with van der Waals surface area (Å²) in [7, 11) is 0. The Bertz CT molecular complexity index is 465. The van der Waals surface area contributed by atoms with Crippen molar-refractivity contribution in [2.24, 2.45) is 5.92 Å². The minimum atomic E-state index is -0.433. The van der Waals surface area contributed by atoms with Gasteiger partial charge in [-0.1, -0.05) is 13.8 Å². The Labute approximate surface area is 137 Å². The zero-order valence-corrected chi connectivity index (χ0v) is 13.9. The fourth-order valence-electron chi connectivity index (χ4n) is 2.19. The standard InChI is InChI=1S/C16H24N2O3.ClH/c1-11(2)7-8-21-14-5-3-12(4-6-14)18-16(20)15-9-13(19)10-17-15;/h3-6,11,13,15,17,19H,7-10H2,1-2H3,(H,18,20);1H. The molecule has 5 nitrogen and oxygen atoms in total. The van der Waals surface area contributed by atoms with E-state index in [4.69, 9.17) is 4.74 Å². The van der Waals surface area contributed by atoms with Gasteiger partial charge in [0.05, 0.1) is 18.8 Å². The Morgan fingerprint density at radius 1 is 1.41 bits per heavy atom. The van der Waals surface area contributed by atoms with Gasteiger partial charge in [-0.3, -0.25) is 4.79 Å². The summed E-state index contributed by atoms with van der Waals surface area (Å²) in [5.74, 6) is 1.32. The summed E-state index contributed by atoms with van der Waals surface area (Å²) < 4.78 is 5.63. The highest BCUT2D eigenvalue weighted by atomic mass is 35.5. The first-order chi connectivity index (χ1) is 10.0. The van der Waals surface area contributed by atoms with E-state index in [1.807, 2.05) is 24.3 Å². The zero-order valence-electron chi connectivity index (χ0n) is 13.0. The zero-order chi connectivity index (χ0) is 15.2. The Morgan fingerprint density at radius 2 is 2.09 bits per heavy atom. The minimum absolute atomic E-state index is 0. The lowest BCUT2D eigenvalue weighted by atomic mass is 10.1. The second-order valence-electron chi connectivity index (χ2n) is 5.89. The number of carbonyl (C=O) groups excluding carboxylic acids is 1. The molecule has 0 radical (unpaired) electrons. The van der Waals surface area contributed by atoms with Crippen LogP contribution in [0.2, 0.25) is 0 Å². The van der Waals surface area contributed by atoms with Gasteiger partial charge in [0.15, 0.2) is 0 Å². The van der Waals surface area contributed by atoms with Crippen LogP contribution < -0.4 is 15.4 Å². The molecule has 0 bridgehead atoms. The van der Waals surface area contributed by atoms with Gasteiger partial charge in [-0.05, 0) is 43.0 Å². The summed E-state index contributed by atoms with van der Waals surface area (Å²) in [6.45, 7) is 5.50. The van der Waals surface area contributed by atoms with E-state index in [1.54, 1.807) is 0 Å². The van der Waals surface area contributed by atoms with E-state index in [2.05, 4.69) is 24.5 Å². The Hall–Kier alpha value is -1.30. The van der Waals surface area contributed by atoms with Crippen molar-refractivity contribution < 1.29 is 14.6 Å². The lowest BCUT2D eigenvalue weighted by Gasteiger charge is -2.12. The first-order valence-corrected chi connectivity index (χ1v) is 7.50. The van der Waals surface area contributed by atoms with Gasteiger partial charge in [0, 0.05) is 12.2 Å². The number of nitrogens with one attached hydrogen (secondary N) is 2. The minimum Gasteiger partial charge on any atom is -0.494 e. The van der Waals surface area contributed by atoms with Crippen LogP contribution in [0, 0.1) is 5.92 Å². The number of amides is 1. The van der Waals surface area contributed by atoms with Crippen LogP contribution in [0.1, 0.15) is 26.7 Å². The predicted molar refractivity (Wildman–Crippen MR) is 89.7 cm³/mol. The van der Waals surface area contributed by atoms with E-state index < -0.39 is 6.10 Å². The topological polar surface area (TPSA) is 70.6 Å². The molecule has 1 aliphatic rings. The Morgan fingerprint density at radius 3 is 2.64 bits per heavy atom. The van der Waals surface area contributed by atoms with Gasteiger partial charge in [-0.2, -0.15) is 0 Å². The molecule has 6 heteroatoms. The number of benzene rings is 1. The number of anilines is 1. The summed E-state index contributed by atoms with van der Waals surface area (Å²) >= 11 is 0. The molecule has 1 aliphatic heterocycles. The fraction of sp³-hybridized carbons (Fsp3) is 0.562. The van der Waals surface area contributed by atoms with Crippen LogP contribution in [0.5, 0.6) is 5.75 Å². The number of β-amino-alcohol motifs (C(OH)–C–C–N with tert-alkyl or cyclic N) is 1. The van der Waals surface area contributed by atoms with E-state index in [0.717, 1.165) is 17.9 Å². The molecule has 1 aromatic rings. The average molecular weight is 329 g/mol. The molecular formula is C16H25ClN2O3. The monoisotopic (exact) mass is 328 g/mol. The molecule has 1 saturated heterocycles. The van der Waals surface area contributed by atoms with Crippen molar-refractivity contribution in [1.82, 2.24) is 5.32 Å². The SMILES string of the molecule is CC(C)CCOc1ccc(NC(=O)C2CC(O)CN2)cc1.Cl. The molecule has 2 rings (SSSR count). The molecule has 2 atom stereocenters. The third-order valence-electron chi connectivity index (χ3n) is 3.51. The van der Waals surface area contributed by atoms with E-state index in [0.29, 0.717) is 25.5 Å². The van der Waals surface area contributed by atoms with E-state index >= 15 is 0 Å². The molecule has 0 saturated carbocycles. The van der Waals surface area contributed by atoms with Crippen LogP contribution in [0.25, 0.3) is 0 Å². The lowest BCUT2D eigenvalue weighted by molar-refractivity contribution is -0.117. The first kappa shape index (κ1) is 18.7. The number of hydrogen-bond donors (Lipinski definition) is 3. The van der Waals surface area contributed by atoms with Gasteiger partial charge in [0.25, 0.3) is 0 Å². The third-order valence-corrected chi connectivity index (χ3v) is 3.51. The van der Waals surface area contributed by atoms with Crippen molar-refractivity contribution in [2.45, 2.75) is 38.8 Å². The summed E-state index contributed by atoms with van der Waals surface area (Å²) in [4.78, 5) is 12.0. The number of ether oxygens (including phenoxy) is 1. The van der Waals surface area contributed by atoms with E-state index in [-0.39, 0.29) is 24.4 Å². The second-order valence-corrected chi connectivity index (χ2v) is 5.89. The highest BCUT2D eigenvalue weighted by molar-refractivity contribution is 5.95. The van der Waals surface area contributed by atoms with Crippen molar-refractivity contribution in [3.05, 3.63) is 24.3 Å². The maximum atomic E-state index is 12.0. The molecule has 1 aromatic carbocycles. The number of aliphatic hydroxyl groups is 1. The quantitative estimate of drug-likeness (QED) is 0.748. The van der Waals surface area contributed by atoms with Crippen LogP contribution in [0.3, 0.4) is 0 Å². The van der Waals surface area contributed by atoms with Crippen LogP contribution in [-0.4, -0.2) is 36.3 Å². The number of hydrogen-bond acceptors (Lipinski definition) is 4. The molecular weight excluding hydrogens is 304 g/mol. The van der Waals surface area contributed by atoms with Crippen LogP contribution in [-0.2, 0) is 4.79 Å². The molecule has 1 amide bonds. The largest absolute Gasteiger partial charge is 0.494 e. The van der Waals surface area contributed by atoms with Crippen LogP contribution in [0.4, 0.5) is 5.69 Å². The summed E-state index contributed by atoms with van der Waals surface area (Å²) in [6, 6.07) is 7.05. The third kappa shape index (κ3) is 5.83. The second kappa shape index (κ2) is 8.98. The molecule has 1 heterocycles. The molecule has 124 valence electrons. The Balaban J connectivity index is 0.00000242. The molecule has 22 heavy (non-hydrogen) atoms. The number of carbonyl (C=O) groups is 1. The summed E-state index contributed by atoms with van der Waals surface area (Å²) in [6.07, 6.45) is 1.05. The van der Waals surface area contributed by atoms with E-state index in [9.17, 15) is 9.90 Å². The highest BCUT2D eigenvalue weighted by Gasteiger charge is 2.27. The average Bonchev–Trinajstić information content (AvgIpc) is 2.87. The lowest BCUT2D eigenvalue weighted by Crippen LogP contribution is -2.35. The van der Waals surface area contributed by atoms with Gasteiger partial charge in [-0.15, -0.1) is 12.4 Å². The summed E-state index contributed by atoms with van der Waals surface area (Å²) in [5, 5.41) is 15.2. The van der Waals surface area contributed by atoms with Crippen molar-refractivity contribution in [2.75, 3.05) is 18.5 Å². The van der Waals surface area contributed by atoms with Crippen LogP contribution in [0.15, 0.2) is 24.3 Å². The van der Waals surface area contributed by atoms with Crippen molar-refractivity contribution in [1.29, 1.82) is 0 Å². The Kier molecular flexibility index (Phi) is 7.65. The fourth-order valence-corrected chi connectivity index (χ4v) is 2.19. The predicted octanol–water partition coefficient (Wildman–Crippen LogP) is 2.19. The highest BCUT2D eigenvalue weighted by Crippen LogP contribution is 2.17. The summed E-state index contributed by atoms with van der Waals surface area (Å²) in [5.41, 5.74) is 0.736. The molecule has 0 spiro atoms. The molecule has 0 aromatic heterocycles. The van der Waals surface area contributed by atoms with Gasteiger partial charge >= 0.3 is 0 Å². The number of halogens is 1. The molecule has 3 N–H and O–H groups in total. The maximum Gasteiger partial charge on any atom is 0.241 e. The van der Waals surface area contributed by atoms with Crippen molar-refractivity contribution in [3.8, 4) is 5.75 Å². The molecule has 0 aliphatic carbocycles. The number of rotatable bonds is 6. The normalized spacial score (nSPS) is 20.5. The van der Waals surface area contributed by atoms with Gasteiger partial charge in [0.2, 0.25) is 5.91 Å². The van der Waals surface area contributed by atoms with Crippen molar-refractivity contribution in [3.63, 3.8) is 0 Å². The smallest absolute Gasteiger partial charge is 0.241 e. The van der Waals surface area contributed by atoms with Gasteiger partial charge < -0.3 is 20.5 Å². The van der Waals surface area contributed by atoms with Gasteiger partial charge in [-0.25, -0.2) is 0 Å². The van der Waals surface area contributed by atoms with E-state index in [1.165, 1.54) is 0 Å². The van der Waals surface area contributed by atoms with Crippen molar-refractivity contribution >= 4 is 24.0 Å². The molecule has 1 fully saturated rings. The van der Waals surface area contributed by atoms with Gasteiger partial charge in [0.1, 0.15) is 5.75 Å².